The molecule has 3 aromatic rings. The van der Waals surface area contributed by atoms with E-state index in [2.05, 4.69) is 46.8 Å². The van der Waals surface area contributed by atoms with Crippen LogP contribution in [0.5, 0.6) is 11.5 Å². The summed E-state index contributed by atoms with van der Waals surface area (Å²) >= 11 is 3.41. The van der Waals surface area contributed by atoms with Gasteiger partial charge in [-0.05, 0) is 88.6 Å². The Hall–Kier alpha value is -3.92. The first-order valence-electron chi connectivity index (χ1n) is 17.6. The summed E-state index contributed by atoms with van der Waals surface area (Å²) in [5.74, 6) is -1.13. The normalized spacial score (nSPS) is 18.6. The maximum Gasteiger partial charge on any atom is 0.319 e. The highest BCUT2D eigenvalue weighted by atomic mass is 79.9. The van der Waals surface area contributed by atoms with Gasteiger partial charge in [-0.2, -0.15) is 0 Å². The Balaban J connectivity index is 1.35. The van der Waals surface area contributed by atoms with Crippen LogP contribution in [0.2, 0.25) is 0 Å². The van der Waals surface area contributed by atoms with Gasteiger partial charge < -0.3 is 23.8 Å². The van der Waals surface area contributed by atoms with Crippen LogP contribution in [-0.2, 0) is 29.3 Å². The van der Waals surface area contributed by atoms with Gasteiger partial charge in [0.15, 0.2) is 0 Å². The van der Waals surface area contributed by atoms with Crippen LogP contribution in [0.15, 0.2) is 59.6 Å². The molecular weight excluding hydrogens is 700 g/mol. The standard InChI is InChI=1S/C40H49BrN2O7/c1-8-10-20-47-35(44)27(22-31(41)36(45)48-21-11-9-2)24-38(3,4)37(46)49-28-18-16-26-17-19-33-34(29(26)23-28)42-25-40(50-33)39(5,6)30-14-12-13-15-32(30)43(40)7/h12-19,23,25,27,31H,8-11,20-22,24H2,1-7H3. The van der Waals surface area contributed by atoms with Gasteiger partial charge in [0.2, 0.25) is 5.72 Å². The fraction of sp³-hybridized carbons (Fsp3) is 0.500. The van der Waals surface area contributed by atoms with Gasteiger partial charge in [0, 0.05) is 18.1 Å². The van der Waals surface area contributed by atoms with Crippen LogP contribution in [0, 0.1) is 11.3 Å². The molecule has 5 rings (SSSR count). The van der Waals surface area contributed by atoms with Crippen molar-refractivity contribution in [1.29, 1.82) is 0 Å². The fourth-order valence-electron chi connectivity index (χ4n) is 6.81. The zero-order valence-corrected chi connectivity index (χ0v) is 31.8. The summed E-state index contributed by atoms with van der Waals surface area (Å²) in [5, 5.41) is 1.71. The number of hydrogen-bond acceptors (Lipinski definition) is 9. The first-order chi connectivity index (χ1) is 23.8. The summed E-state index contributed by atoms with van der Waals surface area (Å²) in [7, 11) is 2.03. The number of carbonyl (C=O) groups is 3. The Kier molecular flexibility index (Phi) is 11.3. The van der Waals surface area contributed by atoms with Crippen molar-refractivity contribution in [3.05, 3.63) is 60.2 Å². The molecule has 0 amide bonds. The molecule has 0 aliphatic carbocycles. The van der Waals surface area contributed by atoms with Crippen LogP contribution in [0.1, 0.15) is 85.6 Å². The van der Waals surface area contributed by atoms with Crippen LogP contribution in [0.4, 0.5) is 11.4 Å². The van der Waals surface area contributed by atoms with Gasteiger partial charge in [-0.1, -0.05) is 73.0 Å². The Morgan fingerprint density at radius 3 is 2.30 bits per heavy atom. The predicted octanol–water partition coefficient (Wildman–Crippen LogP) is 8.84. The molecule has 0 N–H and O–H groups in total. The Morgan fingerprint density at radius 2 is 1.62 bits per heavy atom. The number of likely N-dealkylation sites (N-methyl/N-ethyl adjacent to an activating group) is 1. The van der Waals surface area contributed by atoms with E-state index in [4.69, 9.17) is 23.9 Å². The monoisotopic (exact) mass is 748 g/mol. The number of nitrogens with zero attached hydrogens (tertiary/aromatic N) is 2. The van der Waals surface area contributed by atoms with E-state index >= 15 is 0 Å². The minimum absolute atomic E-state index is 0.121. The van der Waals surface area contributed by atoms with Crippen molar-refractivity contribution >= 4 is 62.2 Å². The van der Waals surface area contributed by atoms with Crippen LogP contribution >= 0.6 is 15.9 Å². The van der Waals surface area contributed by atoms with Gasteiger partial charge in [-0.25, -0.2) is 0 Å². The predicted molar refractivity (Wildman–Crippen MR) is 200 cm³/mol. The van der Waals surface area contributed by atoms with E-state index in [1.807, 2.05) is 57.4 Å². The number of halogens is 1. The maximum absolute atomic E-state index is 13.7. The minimum atomic E-state index is -1.08. The number of carbonyl (C=O) groups excluding carboxylic acids is 3. The molecule has 3 unspecified atom stereocenters. The van der Waals surface area contributed by atoms with Gasteiger partial charge in [0.1, 0.15) is 22.0 Å². The third-order valence-corrected chi connectivity index (χ3v) is 10.7. The summed E-state index contributed by atoms with van der Waals surface area (Å²) in [6.45, 7) is 12.4. The number of hydrogen-bond donors (Lipinski definition) is 0. The minimum Gasteiger partial charge on any atom is -0.465 e. The van der Waals surface area contributed by atoms with E-state index < -0.39 is 39.8 Å². The molecule has 0 bridgehead atoms. The molecule has 0 fully saturated rings. The molecule has 50 heavy (non-hydrogen) atoms. The summed E-state index contributed by atoms with van der Waals surface area (Å²) in [4.78, 5) is 46.0. The Labute approximate surface area is 303 Å². The molecule has 2 aliphatic rings. The first kappa shape index (κ1) is 37.3. The number of esters is 3. The second-order valence-corrected chi connectivity index (χ2v) is 15.6. The third kappa shape index (κ3) is 7.27. The second-order valence-electron chi connectivity index (χ2n) is 14.5. The summed E-state index contributed by atoms with van der Waals surface area (Å²) in [6.07, 6.45) is 5.39. The molecule has 2 heterocycles. The lowest BCUT2D eigenvalue weighted by molar-refractivity contribution is -0.153. The highest BCUT2D eigenvalue weighted by Gasteiger charge is 2.58. The molecule has 0 saturated carbocycles. The summed E-state index contributed by atoms with van der Waals surface area (Å²) in [6, 6.07) is 17.7. The number of aliphatic imine (C=N–C) groups is 1. The van der Waals surface area contributed by atoms with Gasteiger partial charge in [-0.15, -0.1) is 0 Å². The molecule has 1 spiro atoms. The van der Waals surface area contributed by atoms with Crippen LogP contribution in [-0.4, -0.2) is 54.9 Å². The lowest BCUT2D eigenvalue weighted by atomic mass is 9.77. The third-order valence-electron chi connectivity index (χ3n) is 9.98. The molecule has 9 nitrogen and oxygen atoms in total. The number of alkyl halides is 1. The average Bonchev–Trinajstić information content (AvgIpc) is 3.25. The lowest BCUT2D eigenvalue weighted by Gasteiger charge is -2.45. The van der Waals surface area contributed by atoms with Gasteiger partial charge in [-0.3, -0.25) is 19.4 Å². The number of fused-ring (bicyclic) bond motifs is 4. The molecule has 3 aromatic carbocycles. The van der Waals surface area contributed by atoms with Crippen molar-refractivity contribution in [3.63, 3.8) is 0 Å². The molecule has 10 heteroatoms. The topological polar surface area (TPSA) is 104 Å². The van der Waals surface area contributed by atoms with E-state index in [1.165, 1.54) is 5.56 Å². The van der Waals surface area contributed by atoms with E-state index in [9.17, 15) is 14.4 Å². The van der Waals surface area contributed by atoms with Gasteiger partial charge in [0.05, 0.1) is 36.2 Å². The molecule has 0 radical (unpaired) electrons. The largest absolute Gasteiger partial charge is 0.465 e. The zero-order chi connectivity index (χ0) is 36.3. The van der Waals surface area contributed by atoms with Crippen LogP contribution in [0.3, 0.4) is 0 Å². The SMILES string of the molecule is CCCCOC(=O)C(Br)CC(CC(C)(C)C(=O)Oc1ccc2ccc3c(c2c1)N=CC1(O3)N(C)c2ccccc2C1(C)C)C(=O)OCCCC. The van der Waals surface area contributed by atoms with Crippen LogP contribution < -0.4 is 14.4 Å². The highest BCUT2D eigenvalue weighted by Crippen LogP contribution is 2.54. The fourth-order valence-corrected chi connectivity index (χ4v) is 7.40. The van der Waals surface area contributed by atoms with Gasteiger partial charge in [0.25, 0.3) is 0 Å². The van der Waals surface area contributed by atoms with Crippen molar-refractivity contribution in [2.75, 3.05) is 25.2 Å². The number of benzene rings is 3. The van der Waals surface area contributed by atoms with E-state index in [1.54, 1.807) is 26.0 Å². The number of para-hydroxylation sites is 1. The smallest absolute Gasteiger partial charge is 0.319 e. The molecular formula is C40H49BrN2O7. The maximum atomic E-state index is 13.7. The summed E-state index contributed by atoms with van der Waals surface area (Å²) in [5.41, 5.74) is 0.654. The van der Waals surface area contributed by atoms with Crippen molar-refractivity contribution in [3.8, 4) is 11.5 Å². The van der Waals surface area contributed by atoms with E-state index in [-0.39, 0.29) is 24.9 Å². The Morgan fingerprint density at radius 1 is 0.960 bits per heavy atom. The molecule has 268 valence electrons. The molecule has 0 aromatic heterocycles. The van der Waals surface area contributed by atoms with E-state index in [0.29, 0.717) is 23.8 Å². The summed E-state index contributed by atoms with van der Waals surface area (Å²) < 4.78 is 23.7. The number of rotatable bonds is 14. The number of anilines is 1. The molecule has 2 aliphatic heterocycles. The van der Waals surface area contributed by atoms with E-state index in [0.717, 1.165) is 42.1 Å². The quantitative estimate of drug-likeness (QED) is 0.0698. The molecule has 3 atom stereocenters. The average molecular weight is 750 g/mol. The second kappa shape index (κ2) is 15.1. The zero-order valence-electron chi connectivity index (χ0n) is 30.2. The van der Waals surface area contributed by atoms with Crippen molar-refractivity contribution in [2.24, 2.45) is 16.3 Å². The van der Waals surface area contributed by atoms with Crippen molar-refractivity contribution in [2.45, 2.75) is 96.0 Å². The van der Waals surface area contributed by atoms with Crippen molar-refractivity contribution < 1.29 is 33.3 Å². The van der Waals surface area contributed by atoms with Gasteiger partial charge >= 0.3 is 17.9 Å². The highest BCUT2D eigenvalue weighted by molar-refractivity contribution is 9.10. The number of ether oxygens (including phenoxy) is 4. The first-order valence-corrected chi connectivity index (χ1v) is 18.5. The number of unbranched alkanes of at least 4 members (excludes halogenated alkanes) is 2. The lowest BCUT2D eigenvalue weighted by Crippen LogP contribution is -2.61. The Bertz CT molecular complexity index is 1770. The van der Waals surface area contributed by atoms with Crippen LogP contribution in [0.25, 0.3) is 10.8 Å². The molecule has 0 saturated heterocycles. The van der Waals surface area contributed by atoms with Crippen molar-refractivity contribution in [1.82, 2.24) is 0 Å².